The van der Waals surface area contributed by atoms with Crippen LogP contribution in [0.1, 0.15) is 22.0 Å². The molecule has 1 rings (SSSR count). The van der Waals surface area contributed by atoms with Crippen molar-refractivity contribution >= 4 is 17.7 Å². The van der Waals surface area contributed by atoms with Crippen LogP contribution in [0.4, 0.5) is 0 Å². The Labute approximate surface area is 86.8 Å². The van der Waals surface area contributed by atoms with Crippen LogP contribution in [0, 0.1) is 0 Å². The van der Waals surface area contributed by atoms with Gasteiger partial charge in [0.05, 0.1) is 11.7 Å². The summed E-state index contributed by atoms with van der Waals surface area (Å²) >= 11 is 1.48. The normalized spacial score (nSPS) is 12.4. The van der Waals surface area contributed by atoms with E-state index in [-0.39, 0.29) is 5.56 Å². The maximum absolute atomic E-state index is 10.8. The number of carboxylic acid groups (broad SMARTS) is 1. The molecule has 2 N–H and O–H groups in total. The SMILES string of the molecule is CSCC(O)c1ccccc1C(=O)O. The van der Waals surface area contributed by atoms with Gasteiger partial charge in [-0.2, -0.15) is 11.8 Å². The van der Waals surface area contributed by atoms with Gasteiger partial charge in [-0.05, 0) is 17.9 Å². The van der Waals surface area contributed by atoms with Crippen LogP contribution in [0.5, 0.6) is 0 Å². The van der Waals surface area contributed by atoms with E-state index in [0.717, 1.165) is 0 Å². The number of aliphatic hydroxyl groups excluding tert-OH is 1. The second-order valence-corrected chi connectivity index (χ2v) is 3.77. The van der Waals surface area contributed by atoms with Crippen LogP contribution in [-0.4, -0.2) is 28.2 Å². The number of hydrogen-bond donors (Lipinski definition) is 2. The highest BCUT2D eigenvalue weighted by Gasteiger charge is 2.15. The van der Waals surface area contributed by atoms with Crippen LogP contribution >= 0.6 is 11.8 Å². The van der Waals surface area contributed by atoms with E-state index in [1.165, 1.54) is 17.8 Å². The third kappa shape index (κ3) is 2.49. The summed E-state index contributed by atoms with van der Waals surface area (Å²) < 4.78 is 0. The van der Waals surface area contributed by atoms with E-state index in [9.17, 15) is 9.90 Å². The number of aromatic carboxylic acids is 1. The van der Waals surface area contributed by atoms with Crippen LogP contribution in [0.25, 0.3) is 0 Å². The minimum absolute atomic E-state index is 0.175. The van der Waals surface area contributed by atoms with E-state index in [4.69, 9.17) is 5.11 Å². The van der Waals surface area contributed by atoms with Crippen molar-refractivity contribution in [3.05, 3.63) is 35.4 Å². The lowest BCUT2D eigenvalue weighted by Gasteiger charge is -2.11. The Kier molecular flexibility index (Phi) is 3.98. The Morgan fingerprint density at radius 1 is 1.50 bits per heavy atom. The fraction of sp³-hybridized carbons (Fsp3) is 0.300. The first-order valence-electron chi connectivity index (χ1n) is 4.16. The quantitative estimate of drug-likeness (QED) is 0.798. The summed E-state index contributed by atoms with van der Waals surface area (Å²) in [5.74, 6) is -0.495. The molecule has 0 saturated heterocycles. The van der Waals surface area contributed by atoms with Gasteiger partial charge in [-0.15, -0.1) is 0 Å². The van der Waals surface area contributed by atoms with E-state index < -0.39 is 12.1 Å². The Balaban J connectivity index is 3.00. The minimum atomic E-state index is -0.999. The summed E-state index contributed by atoms with van der Waals surface area (Å²) in [6.07, 6.45) is 1.16. The molecule has 1 atom stereocenters. The molecule has 0 fully saturated rings. The van der Waals surface area contributed by atoms with E-state index in [0.29, 0.717) is 11.3 Å². The Morgan fingerprint density at radius 3 is 2.71 bits per heavy atom. The second kappa shape index (κ2) is 5.02. The predicted octanol–water partition coefficient (Wildman–Crippen LogP) is 1.78. The molecular weight excluding hydrogens is 200 g/mol. The molecule has 4 heteroatoms. The first-order valence-corrected chi connectivity index (χ1v) is 5.55. The average molecular weight is 212 g/mol. The van der Waals surface area contributed by atoms with Crippen molar-refractivity contribution in [2.24, 2.45) is 0 Å². The largest absolute Gasteiger partial charge is 0.478 e. The summed E-state index contributed by atoms with van der Waals surface area (Å²) in [5, 5.41) is 18.5. The molecule has 0 aliphatic carbocycles. The standard InChI is InChI=1S/C10H12O3S/c1-14-6-9(11)7-4-2-3-5-8(7)10(12)13/h2-5,9,11H,6H2,1H3,(H,12,13). The lowest BCUT2D eigenvalue weighted by Crippen LogP contribution is -2.08. The van der Waals surface area contributed by atoms with E-state index in [2.05, 4.69) is 0 Å². The number of carbonyl (C=O) groups is 1. The van der Waals surface area contributed by atoms with Crippen LogP contribution in [0.15, 0.2) is 24.3 Å². The molecular formula is C10H12O3S. The molecule has 0 bridgehead atoms. The van der Waals surface area contributed by atoms with Gasteiger partial charge in [-0.3, -0.25) is 0 Å². The molecule has 0 heterocycles. The van der Waals surface area contributed by atoms with Crippen LogP contribution in [-0.2, 0) is 0 Å². The van der Waals surface area contributed by atoms with Gasteiger partial charge in [-0.1, -0.05) is 18.2 Å². The molecule has 1 aromatic carbocycles. The summed E-state index contributed by atoms with van der Waals surface area (Å²) in [4.78, 5) is 10.8. The molecule has 0 aromatic heterocycles. The molecule has 3 nitrogen and oxygen atoms in total. The van der Waals surface area contributed by atoms with Crippen molar-refractivity contribution in [3.8, 4) is 0 Å². The van der Waals surface area contributed by atoms with Crippen molar-refractivity contribution in [1.29, 1.82) is 0 Å². The lowest BCUT2D eigenvalue weighted by molar-refractivity contribution is 0.0690. The number of benzene rings is 1. The predicted molar refractivity (Wildman–Crippen MR) is 56.7 cm³/mol. The van der Waals surface area contributed by atoms with Gasteiger partial charge in [0, 0.05) is 5.75 Å². The average Bonchev–Trinajstić information content (AvgIpc) is 2.18. The Morgan fingerprint density at radius 2 is 2.14 bits per heavy atom. The van der Waals surface area contributed by atoms with Gasteiger partial charge in [-0.25, -0.2) is 4.79 Å². The van der Waals surface area contributed by atoms with Crippen LogP contribution in [0.3, 0.4) is 0 Å². The number of hydrogen-bond acceptors (Lipinski definition) is 3. The van der Waals surface area contributed by atoms with Crippen LogP contribution < -0.4 is 0 Å². The molecule has 1 unspecified atom stereocenters. The summed E-state index contributed by atoms with van der Waals surface area (Å²) in [7, 11) is 0. The zero-order chi connectivity index (χ0) is 10.6. The highest BCUT2D eigenvalue weighted by molar-refractivity contribution is 7.98. The fourth-order valence-corrected chi connectivity index (χ4v) is 1.73. The smallest absolute Gasteiger partial charge is 0.336 e. The van der Waals surface area contributed by atoms with Gasteiger partial charge in [0.2, 0.25) is 0 Å². The Bertz CT molecular complexity index is 325. The van der Waals surface area contributed by atoms with Gasteiger partial charge >= 0.3 is 5.97 Å². The molecule has 14 heavy (non-hydrogen) atoms. The third-order valence-electron chi connectivity index (χ3n) is 1.87. The highest BCUT2D eigenvalue weighted by atomic mass is 32.2. The first kappa shape index (κ1) is 11.1. The van der Waals surface area contributed by atoms with Crippen molar-refractivity contribution < 1.29 is 15.0 Å². The summed E-state index contributed by atoms with van der Waals surface area (Å²) in [5.41, 5.74) is 0.656. The fourth-order valence-electron chi connectivity index (χ4n) is 1.23. The molecule has 76 valence electrons. The zero-order valence-electron chi connectivity index (χ0n) is 7.80. The number of carboxylic acids is 1. The van der Waals surface area contributed by atoms with Crippen molar-refractivity contribution in [3.63, 3.8) is 0 Å². The zero-order valence-corrected chi connectivity index (χ0v) is 8.62. The topological polar surface area (TPSA) is 57.5 Å². The summed E-state index contributed by atoms with van der Waals surface area (Å²) in [6.45, 7) is 0. The van der Waals surface area contributed by atoms with Gasteiger partial charge in [0.15, 0.2) is 0 Å². The van der Waals surface area contributed by atoms with Crippen molar-refractivity contribution in [1.82, 2.24) is 0 Å². The second-order valence-electron chi connectivity index (χ2n) is 2.86. The Hall–Kier alpha value is -1.00. The molecule has 0 radical (unpaired) electrons. The summed E-state index contributed by atoms with van der Waals surface area (Å²) in [6, 6.07) is 6.52. The molecule has 0 aliphatic rings. The number of aliphatic hydroxyl groups is 1. The minimum Gasteiger partial charge on any atom is -0.478 e. The molecule has 1 aromatic rings. The maximum Gasteiger partial charge on any atom is 0.336 e. The molecule has 0 saturated carbocycles. The van der Waals surface area contributed by atoms with Gasteiger partial charge in [0.25, 0.3) is 0 Å². The van der Waals surface area contributed by atoms with Crippen molar-refractivity contribution in [2.75, 3.05) is 12.0 Å². The van der Waals surface area contributed by atoms with E-state index >= 15 is 0 Å². The van der Waals surface area contributed by atoms with E-state index in [1.807, 2.05) is 6.26 Å². The van der Waals surface area contributed by atoms with E-state index in [1.54, 1.807) is 18.2 Å². The third-order valence-corrected chi connectivity index (χ3v) is 2.52. The molecule has 0 aliphatic heterocycles. The monoisotopic (exact) mass is 212 g/mol. The molecule has 0 spiro atoms. The van der Waals surface area contributed by atoms with Crippen molar-refractivity contribution in [2.45, 2.75) is 6.10 Å². The lowest BCUT2D eigenvalue weighted by atomic mass is 10.0. The molecule has 0 amide bonds. The number of rotatable bonds is 4. The maximum atomic E-state index is 10.8. The number of thioether (sulfide) groups is 1. The highest BCUT2D eigenvalue weighted by Crippen LogP contribution is 2.20. The van der Waals surface area contributed by atoms with Crippen LogP contribution in [0.2, 0.25) is 0 Å². The van der Waals surface area contributed by atoms with Gasteiger partial charge < -0.3 is 10.2 Å². The van der Waals surface area contributed by atoms with Gasteiger partial charge in [0.1, 0.15) is 0 Å². The first-order chi connectivity index (χ1) is 6.66.